The fourth-order valence-corrected chi connectivity index (χ4v) is 13.3. The zero-order valence-corrected chi connectivity index (χ0v) is 32.6. The topological polar surface area (TPSA) is 141 Å². The average molecular weight is 787 g/mol. The van der Waals surface area contributed by atoms with E-state index in [0.29, 0.717) is 14.7 Å². The Bertz CT molecular complexity index is 2040. The van der Waals surface area contributed by atoms with Gasteiger partial charge in [-0.1, -0.05) is 53.1 Å². The lowest BCUT2D eigenvalue weighted by Gasteiger charge is -2.47. The molecule has 1 unspecified atom stereocenters. The van der Waals surface area contributed by atoms with E-state index in [9.17, 15) is 27.3 Å². The third-order valence-corrected chi connectivity index (χ3v) is 16.5. The van der Waals surface area contributed by atoms with Crippen molar-refractivity contribution in [2.75, 3.05) is 17.3 Å². The fraction of sp³-hybridized carbons (Fsp3) is 0.405. The minimum Gasteiger partial charge on any atom is -0.383 e. The van der Waals surface area contributed by atoms with Crippen LogP contribution in [0.3, 0.4) is 0 Å². The summed E-state index contributed by atoms with van der Waals surface area (Å²) in [6, 6.07) is 21.6. The van der Waals surface area contributed by atoms with Crippen molar-refractivity contribution in [2.45, 2.75) is 77.3 Å². The van der Waals surface area contributed by atoms with Gasteiger partial charge in [-0.2, -0.15) is 0 Å². The Labute approximate surface area is 322 Å². The van der Waals surface area contributed by atoms with Crippen LogP contribution < -0.4 is 0 Å². The maximum absolute atomic E-state index is 15.2. The lowest BCUT2D eigenvalue weighted by Crippen LogP contribution is -2.66. The third kappa shape index (κ3) is 6.32. The van der Waals surface area contributed by atoms with Gasteiger partial charge in [0.25, 0.3) is 0 Å². The minimum absolute atomic E-state index is 0.0811. The molecule has 8 rings (SSSR count). The minimum atomic E-state index is -2.09. The molecule has 3 fully saturated rings. The molecule has 0 aromatic heterocycles. The Hall–Kier alpha value is -3.52. The van der Waals surface area contributed by atoms with E-state index in [-0.39, 0.29) is 47.4 Å². The molecular formula is C42H42O9S3. The molecule has 3 aromatic rings. The molecule has 54 heavy (non-hydrogen) atoms. The number of rotatable bonds is 9. The van der Waals surface area contributed by atoms with Gasteiger partial charge in [0.2, 0.25) is 0 Å². The molecule has 2 aliphatic heterocycles. The van der Waals surface area contributed by atoms with E-state index in [0.717, 1.165) is 16.7 Å². The van der Waals surface area contributed by atoms with E-state index in [4.69, 9.17) is 9.47 Å². The quantitative estimate of drug-likeness (QED) is 0.333. The molecule has 282 valence electrons. The van der Waals surface area contributed by atoms with Crippen LogP contribution in [0.5, 0.6) is 0 Å². The third-order valence-electron chi connectivity index (χ3n) is 12.0. The summed E-state index contributed by atoms with van der Waals surface area (Å²) in [6.45, 7) is 5.77. The van der Waals surface area contributed by atoms with Crippen molar-refractivity contribution in [1.82, 2.24) is 0 Å². The number of carbonyl (C=O) groups is 3. The first kappa shape index (κ1) is 37.4. The van der Waals surface area contributed by atoms with Crippen LogP contribution in [0.2, 0.25) is 0 Å². The molecule has 3 aromatic carbocycles. The molecule has 2 saturated heterocycles. The number of Topliss-reactive ketones (excluding diaryl/α,β-unsaturated/α-hetero) is 1. The van der Waals surface area contributed by atoms with Crippen LogP contribution in [0.4, 0.5) is 0 Å². The molecule has 0 radical (unpaired) electrons. The summed E-state index contributed by atoms with van der Waals surface area (Å²) in [6.07, 6.45) is 3.18. The second-order valence-corrected chi connectivity index (χ2v) is 19.9. The van der Waals surface area contributed by atoms with Gasteiger partial charge in [0.05, 0.1) is 61.5 Å². The number of fused-ring (bicyclic) bond motifs is 6. The molecule has 5 aliphatic rings. The van der Waals surface area contributed by atoms with Gasteiger partial charge in [-0.25, -0.2) is 0 Å². The van der Waals surface area contributed by atoms with E-state index < -0.39 is 85.1 Å². The van der Waals surface area contributed by atoms with Gasteiger partial charge in [0, 0.05) is 39.4 Å². The van der Waals surface area contributed by atoms with Crippen LogP contribution in [0.1, 0.15) is 29.5 Å². The fourth-order valence-electron chi connectivity index (χ4n) is 9.17. The Morgan fingerprint density at radius 3 is 1.26 bits per heavy atom. The van der Waals surface area contributed by atoms with Crippen LogP contribution in [0.15, 0.2) is 112 Å². The Balaban J connectivity index is 1.23. The second-order valence-electron chi connectivity index (χ2n) is 15.6. The Kier molecular flexibility index (Phi) is 9.63. The van der Waals surface area contributed by atoms with Crippen molar-refractivity contribution < 1.29 is 41.6 Å². The summed E-state index contributed by atoms with van der Waals surface area (Å²) >= 11 is 0. The van der Waals surface area contributed by atoms with E-state index in [1.807, 2.05) is 57.2 Å². The number of aryl methyl sites for hydroxylation is 3. The Morgan fingerprint density at radius 1 is 0.574 bits per heavy atom. The number of carbonyl (C=O) groups excluding carboxylic acids is 3. The summed E-state index contributed by atoms with van der Waals surface area (Å²) in [5.74, 6) is -5.08. The number of hydrogen-bond acceptors (Lipinski definition) is 9. The van der Waals surface area contributed by atoms with Crippen molar-refractivity contribution in [3.63, 3.8) is 0 Å². The van der Waals surface area contributed by atoms with Gasteiger partial charge >= 0.3 is 0 Å². The van der Waals surface area contributed by atoms with Gasteiger partial charge in [0.15, 0.2) is 11.6 Å². The van der Waals surface area contributed by atoms with Crippen LogP contribution in [-0.4, -0.2) is 81.4 Å². The molecule has 12 atom stereocenters. The number of ether oxygens (including phenoxy) is 2. The van der Waals surface area contributed by atoms with E-state index in [1.54, 1.807) is 48.6 Å². The Morgan fingerprint density at radius 2 is 0.907 bits per heavy atom. The summed E-state index contributed by atoms with van der Waals surface area (Å²) in [5, 5.41) is 13.3. The van der Waals surface area contributed by atoms with Crippen LogP contribution in [-0.2, 0) is 56.3 Å². The molecule has 0 bridgehead atoms. The zero-order valence-electron chi connectivity index (χ0n) is 30.2. The summed E-state index contributed by atoms with van der Waals surface area (Å²) in [4.78, 5) is 43.1. The van der Waals surface area contributed by atoms with Gasteiger partial charge in [0.1, 0.15) is 34.8 Å². The first-order chi connectivity index (χ1) is 25.7. The molecular weight excluding hydrogens is 745 g/mol. The number of ketones is 3. The lowest BCUT2D eigenvalue weighted by molar-refractivity contribution is -0.204. The molecule has 2 heterocycles. The summed E-state index contributed by atoms with van der Waals surface area (Å²) in [5.41, 5.74) is -1.88. The smallest absolute Gasteiger partial charge is 0.155 e. The van der Waals surface area contributed by atoms with Crippen molar-refractivity contribution >= 4 is 49.7 Å². The van der Waals surface area contributed by atoms with Gasteiger partial charge in [-0.3, -0.25) is 27.0 Å². The molecule has 1 N–H and O–H groups in total. The van der Waals surface area contributed by atoms with Crippen LogP contribution >= 0.6 is 0 Å². The van der Waals surface area contributed by atoms with Crippen LogP contribution in [0.25, 0.3) is 0 Å². The largest absolute Gasteiger partial charge is 0.383 e. The lowest BCUT2D eigenvalue weighted by atomic mass is 9.58. The average Bonchev–Trinajstić information content (AvgIpc) is 3.66. The predicted octanol–water partition coefficient (Wildman–Crippen LogP) is 4.45. The van der Waals surface area contributed by atoms with Crippen LogP contribution in [0, 0.1) is 44.4 Å². The molecule has 0 amide bonds. The first-order valence-corrected chi connectivity index (χ1v) is 22.1. The number of aliphatic hydroxyl groups is 1. The predicted molar refractivity (Wildman–Crippen MR) is 204 cm³/mol. The van der Waals surface area contributed by atoms with E-state index in [1.165, 1.54) is 12.2 Å². The highest BCUT2D eigenvalue weighted by molar-refractivity contribution is 7.85. The highest BCUT2D eigenvalue weighted by Crippen LogP contribution is 2.61. The van der Waals surface area contributed by atoms with Crippen molar-refractivity contribution in [3.8, 4) is 0 Å². The highest BCUT2D eigenvalue weighted by Gasteiger charge is 2.75. The first-order valence-electron chi connectivity index (χ1n) is 18.1. The maximum atomic E-state index is 15.2. The summed E-state index contributed by atoms with van der Waals surface area (Å²) in [7, 11) is -5.06. The van der Waals surface area contributed by atoms with Gasteiger partial charge in [-0.15, -0.1) is 0 Å². The standard InChI is InChI=1S/C42H42O9S3/c1-25-4-10-30(11-5-25)52(47)22-40-18-16-28(43)20-33(40)35-37(45)36-34-21-29(44)17-19-41(34,23-53(48)31-12-6-26(2)7-13-31)51-39(36)42(46,38(35)50-40)24-54(49)32-14-8-27(3)9-15-32/h4-19,33-36,38-39,46H,20-24H2,1-3H3/t33-,34+,35+,36-,38+,39-,40+,41-,42?,52+,53-,54-/m1/s1. The number of allylic oxidation sites excluding steroid dienone is 2. The van der Waals surface area contributed by atoms with Gasteiger partial charge in [-0.05, 0) is 81.5 Å². The highest BCUT2D eigenvalue weighted by atomic mass is 32.2. The monoisotopic (exact) mass is 786 g/mol. The van der Waals surface area contributed by atoms with Crippen molar-refractivity contribution in [1.29, 1.82) is 0 Å². The van der Waals surface area contributed by atoms with Crippen molar-refractivity contribution in [3.05, 3.63) is 114 Å². The van der Waals surface area contributed by atoms with Gasteiger partial charge < -0.3 is 14.6 Å². The number of hydrogen-bond donors (Lipinski definition) is 1. The SMILES string of the molecule is Cc1ccc([S@](=O)CC2(O)[C@@H]3O[C@@]4(C[S@@](=O)c5ccc(C)cc5)C=CC(=O)C[C@H]4[C@@H]3C(=O)[C@@H]3[C@H]4CC(=O)C=C[C@@]4(C[S@](=O)c4ccc(C)cc4)O[C@@H]32)cc1. The molecule has 3 aliphatic carbocycles. The second kappa shape index (κ2) is 13.9. The van der Waals surface area contributed by atoms with E-state index in [2.05, 4.69) is 0 Å². The normalized spacial score (nSPS) is 35.5. The van der Waals surface area contributed by atoms with E-state index >= 15 is 4.79 Å². The molecule has 9 nitrogen and oxygen atoms in total. The zero-order chi connectivity index (χ0) is 38.2. The molecule has 1 saturated carbocycles. The summed E-state index contributed by atoms with van der Waals surface area (Å²) < 4.78 is 56.0. The molecule has 0 spiro atoms. The maximum Gasteiger partial charge on any atom is 0.155 e. The molecule has 12 heteroatoms. The van der Waals surface area contributed by atoms with Crippen molar-refractivity contribution in [2.24, 2.45) is 23.7 Å². The number of benzene rings is 3.